The second-order valence-electron chi connectivity index (χ2n) is 5.18. The van der Waals surface area contributed by atoms with Crippen LogP contribution in [0.4, 0.5) is 0 Å². The number of methoxy groups -OCH3 is 1. The van der Waals surface area contributed by atoms with Gasteiger partial charge < -0.3 is 20.3 Å². The van der Waals surface area contributed by atoms with Crippen LogP contribution in [-0.4, -0.2) is 62.1 Å². The molecule has 1 aromatic rings. The lowest BCUT2D eigenvalue weighted by Crippen LogP contribution is -2.53. The lowest BCUT2D eigenvalue weighted by atomic mass is 10.0. The van der Waals surface area contributed by atoms with Crippen LogP contribution in [0.25, 0.3) is 0 Å². The Bertz CT molecular complexity index is 434. The number of likely N-dealkylation sites (N-methyl/N-ethyl adjacent to an activating group) is 1. The van der Waals surface area contributed by atoms with Gasteiger partial charge in [0.25, 0.3) is 5.91 Å². The van der Waals surface area contributed by atoms with Crippen LogP contribution in [0.3, 0.4) is 0 Å². The molecule has 1 aliphatic rings. The molecule has 0 aliphatic carbocycles. The molecule has 5 heteroatoms. The largest absolute Gasteiger partial charge is 0.370 e. The minimum atomic E-state index is -0.551. The Morgan fingerprint density at radius 1 is 1.40 bits per heavy atom. The summed E-state index contributed by atoms with van der Waals surface area (Å²) < 4.78 is 5.20. The maximum Gasteiger partial charge on any atom is 0.253 e. The first-order chi connectivity index (χ1) is 9.67. The first kappa shape index (κ1) is 15.0. The van der Waals surface area contributed by atoms with E-state index in [1.807, 2.05) is 23.1 Å². The summed E-state index contributed by atoms with van der Waals surface area (Å²) >= 11 is 0. The van der Waals surface area contributed by atoms with Crippen LogP contribution >= 0.6 is 0 Å². The maximum absolute atomic E-state index is 12.6. The molecule has 0 spiro atoms. The summed E-state index contributed by atoms with van der Waals surface area (Å²) in [6.07, 6.45) is -0.551. The lowest BCUT2D eigenvalue weighted by Gasteiger charge is -2.41. The normalized spacial score (nSPS) is 21.8. The molecule has 2 rings (SSSR count). The number of carbonyl (C=O) groups is 1. The van der Waals surface area contributed by atoms with Crippen molar-refractivity contribution in [1.82, 2.24) is 9.80 Å². The molecule has 1 saturated heterocycles. The van der Waals surface area contributed by atoms with Crippen molar-refractivity contribution in [3.05, 3.63) is 35.9 Å². The predicted octanol–water partition coefficient (Wildman–Crippen LogP) is 0.475. The highest BCUT2D eigenvalue weighted by Gasteiger charge is 2.33. The number of benzene rings is 1. The van der Waals surface area contributed by atoms with E-state index < -0.39 is 6.10 Å². The highest BCUT2D eigenvalue weighted by molar-refractivity contribution is 5.81. The van der Waals surface area contributed by atoms with E-state index in [1.54, 1.807) is 0 Å². The monoisotopic (exact) mass is 277 g/mol. The molecule has 0 bridgehead atoms. The van der Waals surface area contributed by atoms with E-state index >= 15 is 0 Å². The van der Waals surface area contributed by atoms with Gasteiger partial charge in [-0.1, -0.05) is 30.3 Å². The first-order valence-corrected chi connectivity index (χ1v) is 6.94. The van der Waals surface area contributed by atoms with Gasteiger partial charge in [-0.05, 0) is 12.6 Å². The summed E-state index contributed by atoms with van der Waals surface area (Å²) in [5, 5.41) is 0. The molecule has 0 saturated carbocycles. The Labute approximate surface area is 120 Å². The third kappa shape index (κ3) is 3.17. The fraction of sp³-hybridized carbons (Fsp3) is 0.533. The Balaban J connectivity index is 2.22. The van der Waals surface area contributed by atoms with Gasteiger partial charge in [0.15, 0.2) is 0 Å². The molecular weight excluding hydrogens is 254 g/mol. The van der Waals surface area contributed by atoms with Crippen molar-refractivity contribution >= 4 is 5.91 Å². The van der Waals surface area contributed by atoms with Crippen LogP contribution in [0.2, 0.25) is 0 Å². The molecule has 0 aromatic heterocycles. The van der Waals surface area contributed by atoms with Gasteiger partial charge in [-0.25, -0.2) is 0 Å². The van der Waals surface area contributed by atoms with Crippen molar-refractivity contribution in [2.24, 2.45) is 5.73 Å². The number of piperazine rings is 1. The van der Waals surface area contributed by atoms with Gasteiger partial charge in [-0.2, -0.15) is 0 Å². The summed E-state index contributed by atoms with van der Waals surface area (Å²) in [7, 11) is 3.61. The van der Waals surface area contributed by atoms with E-state index in [1.165, 1.54) is 7.11 Å². The van der Waals surface area contributed by atoms with Gasteiger partial charge in [0, 0.05) is 33.3 Å². The minimum Gasteiger partial charge on any atom is -0.370 e. The van der Waals surface area contributed by atoms with Gasteiger partial charge in [0.2, 0.25) is 0 Å². The van der Waals surface area contributed by atoms with Crippen LogP contribution in [-0.2, 0) is 9.53 Å². The Kier molecular flexibility index (Phi) is 5.11. The SMILES string of the molecule is COC(CN)C(=O)N1CCN(C)CC1c1ccccc1. The number of nitrogens with zero attached hydrogens (tertiary/aromatic N) is 2. The highest BCUT2D eigenvalue weighted by atomic mass is 16.5. The van der Waals surface area contributed by atoms with Gasteiger partial charge in [0.05, 0.1) is 6.04 Å². The third-order valence-corrected chi connectivity index (χ3v) is 3.82. The zero-order valence-electron chi connectivity index (χ0n) is 12.2. The lowest BCUT2D eigenvalue weighted by molar-refractivity contribution is -0.146. The van der Waals surface area contributed by atoms with Crippen LogP contribution in [0.15, 0.2) is 30.3 Å². The second kappa shape index (κ2) is 6.83. The standard InChI is InChI=1S/C15H23N3O2/c1-17-8-9-18(15(19)14(10-16)20-2)13(11-17)12-6-4-3-5-7-12/h3-7,13-14H,8-11,16H2,1-2H3. The number of ether oxygens (including phenoxy) is 1. The Morgan fingerprint density at radius 2 is 2.10 bits per heavy atom. The summed E-state index contributed by atoms with van der Waals surface area (Å²) in [4.78, 5) is 16.7. The van der Waals surface area contributed by atoms with Crippen LogP contribution < -0.4 is 5.73 Å². The molecule has 1 heterocycles. The number of rotatable bonds is 4. The molecule has 1 aromatic carbocycles. The number of hydrogen-bond acceptors (Lipinski definition) is 4. The van der Waals surface area contributed by atoms with E-state index in [2.05, 4.69) is 24.1 Å². The molecular formula is C15H23N3O2. The van der Waals surface area contributed by atoms with Crippen molar-refractivity contribution in [1.29, 1.82) is 0 Å². The fourth-order valence-electron chi connectivity index (χ4n) is 2.63. The summed E-state index contributed by atoms with van der Waals surface area (Å²) in [6, 6.07) is 10.2. The number of amides is 1. The zero-order chi connectivity index (χ0) is 14.5. The molecule has 2 unspecified atom stereocenters. The molecule has 110 valence electrons. The molecule has 1 amide bonds. The van der Waals surface area contributed by atoms with Crippen LogP contribution in [0.5, 0.6) is 0 Å². The number of carbonyl (C=O) groups excluding carboxylic acids is 1. The van der Waals surface area contributed by atoms with Crippen molar-refractivity contribution < 1.29 is 9.53 Å². The van der Waals surface area contributed by atoms with Gasteiger partial charge >= 0.3 is 0 Å². The minimum absolute atomic E-state index is 0.0167. The van der Waals surface area contributed by atoms with E-state index in [-0.39, 0.29) is 18.5 Å². The third-order valence-electron chi connectivity index (χ3n) is 3.82. The molecule has 20 heavy (non-hydrogen) atoms. The predicted molar refractivity (Wildman–Crippen MR) is 78.2 cm³/mol. The van der Waals surface area contributed by atoms with Gasteiger partial charge in [-0.3, -0.25) is 4.79 Å². The van der Waals surface area contributed by atoms with E-state index in [0.29, 0.717) is 6.54 Å². The number of hydrogen-bond donors (Lipinski definition) is 1. The smallest absolute Gasteiger partial charge is 0.253 e. The summed E-state index contributed by atoms with van der Waals surface area (Å²) in [5.74, 6) is -0.0167. The fourth-order valence-corrected chi connectivity index (χ4v) is 2.63. The van der Waals surface area contributed by atoms with Crippen molar-refractivity contribution in [3.63, 3.8) is 0 Å². The Morgan fingerprint density at radius 3 is 2.70 bits per heavy atom. The molecule has 1 aliphatic heterocycles. The van der Waals surface area contributed by atoms with E-state index in [0.717, 1.165) is 18.7 Å². The van der Waals surface area contributed by atoms with Crippen LogP contribution in [0, 0.1) is 0 Å². The van der Waals surface area contributed by atoms with Crippen LogP contribution in [0.1, 0.15) is 11.6 Å². The molecule has 2 atom stereocenters. The van der Waals surface area contributed by atoms with Gasteiger partial charge in [-0.15, -0.1) is 0 Å². The topological polar surface area (TPSA) is 58.8 Å². The molecule has 2 N–H and O–H groups in total. The Hall–Kier alpha value is -1.43. The molecule has 1 fully saturated rings. The number of nitrogens with two attached hydrogens (primary N) is 1. The quantitative estimate of drug-likeness (QED) is 0.869. The zero-order valence-corrected chi connectivity index (χ0v) is 12.2. The summed E-state index contributed by atoms with van der Waals surface area (Å²) in [5.41, 5.74) is 6.77. The highest BCUT2D eigenvalue weighted by Crippen LogP contribution is 2.25. The average Bonchev–Trinajstić information content (AvgIpc) is 2.49. The summed E-state index contributed by atoms with van der Waals surface area (Å²) in [6.45, 7) is 2.62. The van der Waals surface area contributed by atoms with Crippen molar-refractivity contribution in [3.8, 4) is 0 Å². The first-order valence-electron chi connectivity index (χ1n) is 6.94. The average molecular weight is 277 g/mol. The van der Waals surface area contributed by atoms with Crippen molar-refractivity contribution in [2.45, 2.75) is 12.1 Å². The second-order valence-corrected chi connectivity index (χ2v) is 5.18. The maximum atomic E-state index is 12.6. The van der Waals surface area contributed by atoms with Crippen molar-refractivity contribution in [2.75, 3.05) is 40.3 Å². The van der Waals surface area contributed by atoms with Gasteiger partial charge in [0.1, 0.15) is 6.10 Å². The van der Waals surface area contributed by atoms with E-state index in [9.17, 15) is 4.79 Å². The molecule has 0 radical (unpaired) electrons. The molecule has 5 nitrogen and oxygen atoms in total. The van der Waals surface area contributed by atoms with E-state index in [4.69, 9.17) is 10.5 Å².